The predicted molar refractivity (Wildman–Crippen MR) is 90.4 cm³/mol. The predicted octanol–water partition coefficient (Wildman–Crippen LogP) is 3.29. The maximum Gasteiger partial charge on any atom is 0.256 e. The van der Waals surface area contributed by atoms with Crippen molar-refractivity contribution < 1.29 is 14.3 Å². The number of aromatic nitrogens is 1. The van der Waals surface area contributed by atoms with Crippen LogP contribution in [0.25, 0.3) is 0 Å². The van der Waals surface area contributed by atoms with Gasteiger partial charge in [-0.15, -0.1) is 0 Å². The first-order valence-electron chi connectivity index (χ1n) is 7.84. The minimum Gasteiger partial charge on any atom is -0.467 e. The van der Waals surface area contributed by atoms with Crippen molar-refractivity contribution in [1.82, 2.24) is 9.88 Å². The topological polar surface area (TPSA) is 69.5 Å². The van der Waals surface area contributed by atoms with Crippen LogP contribution in [0.15, 0.2) is 65.4 Å². The highest BCUT2D eigenvalue weighted by molar-refractivity contribution is 5.95. The van der Waals surface area contributed by atoms with Crippen molar-refractivity contribution in [3.05, 3.63) is 83.6 Å². The molecular weight excluding hydrogens is 304 g/mol. The zero-order chi connectivity index (χ0) is 16.9. The minimum atomic E-state index is -0.869. The van der Waals surface area contributed by atoms with Gasteiger partial charge in [-0.1, -0.05) is 30.3 Å². The van der Waals surface area contributed by atoms with E-state index in [2.05, 4.69) is 4.98 Å². The molecule has 0 aliphatic heterocycles. The number of aliphatic hydroxyl groups is 1. The molecule has 3 aromatic rings. The van der Waals surface area contributed by atoms with Gasteiger partial charge in [-0.3, -0.25) is 4.79 Å². The average molecular weight is 324 g/mol. The lowest BCUT2D eigenvalue weighted by Crippen LogP contribution is -2.34. The van der Waals surface area contributed by atoms with E-state index in [9.17, 15) is 9.90 Å². The van der Waals surface area contributed by atoms with Crippen LogP contribution >= 0.6 is 0 Å². The van der Waals surface area contributed by atoms with Crippen molar-refractivity contribution in [3.8, 4) is 0 Å². The summed E-state index contributed by atoms with van der Waals surface area (Å²) >= 11 is 0. The van der Waals surface area contributed by atoms with E-state index < -0.39 is 6.10 Å². The molecule has 0 radical (unpaired) electrons. The SMILES string of the molecule is Cc1[nH]ccc1C(=O)N(Cc1ccccc1)CC(O)c1ccco1. The first-order chi connectivity index (χ1) is 11.6. The maximum atomic E-state index is 12.9. The highest BCUT2D eigenvalue weighted by Gasteiger charge is 2.23. The molecule has 0 bridgehead atoms. The number of carbonyl (C=O) groups excluding carboxylic acids is 1. The summed E-state index contributed by atoms with van der Waals surface area (Å²) in [5, 5.41) is 10.4. The Morgan fingerprint density at radius 3 is 2.62 bits per heavy atom. The third-order valence-corrected chi connectivity index (χ3v) is 3.95. The number of furan rings is 1. The number of aliphatic hydroxyl groups excluding tert-OH is 1. The van der Waals surface area contributed by atoms with E-state index in [1.807, 2.05) is 37.3 Å². The molecule has 1 amide bonds. The third kappa shape index (κ3) is 3.58. The number of hydrogen-bond donors (Lipinski definition) is 2. The molecule has 2 aromatic heterocycles. The average Bonchev–Trinajstić information content (AvgIpc) is 3.26. The molecule has 1 atom stereocenters. The monoisotopic (exact) mass is 324 g/mol. The Bertz CT molecular complexity index is 778. The smallest absolute Gasteiger partial charge is 0.256 e. The molecule has 124 valence electrons. The van der Waals surface area contributed by atoms with Crippen molar-refractivity contribution in [3.63, 3.8) is 0 Å². The highest BCUT2D eigenvalue weighted by atomic mass is 16.4. The van der Waals surface area contributed by atoms with Gasteiger partial charge in [-0.2, -0.15) is 0 Å². The molecule has 24 heavy (non-hydrogen) atoms. The second-order valence-corrected chi connectivity index (χ2v) is 5.72. The molecule has 0 saturated carbocycles. The summed E-state index contributed by atoms with van der Waals surface area (Å²) in [7, 11) is 0. The Morgan fingerprint density at radius 2 is 2.00 bits per heavy atom. The number of amides is 1. The van der Waals surface area contributed by atoms with Gasteiger partial charge in [0.05, 0.1) is 18.4 Å². The Kier molecular flexibility index (Phi) is 4.82. The summed E-state index contributed by atoms with van der Waals surface area (Å²) in [6.45, 7) is 2.44. The number of nitrogens with one attached hydrogen (secondary N) is 1. The summed E-state index contributed by atoms with van der Waals surface area (Å²) in [6, 6.07) is 14.9. The fourth-order valence-electron chi connectivity index (χ4n) is 2.66. The van der Waals surface area contributed by atoms with Crippen LogP contribution < -0.4 is 0 Å². The Hall–Kier alpha value is -2.79. The number of hydrogen-bond acceptors (Lipinski definition) is 3. The summed E-state index contributed by atoms with van der Waals surface area (Å²) in [4.78, 5) is 17.6. The zero-order valence-corrected chi connectivity index (χ0v) is 13.5. The molecule has 0 fully saturated rings. The fraction of sp³-hybridized carbons (Fsp3) is 0.211. The number of aromatic amines is 1. The summed E-state index contributed by atoms with van der Waals surface area (Å²) in [5.74, 6) is 0.329. The van der Waals surface area contributed by atoms with Gasteiger partial charge in [0, 0.05) is 18.4 Å². The minimum absolute atomic E-state index is 0.122. The highest BCUT2D eigenvalue weighted by Crippen LogP contribution is 2.19. The van der Waals surface area contributed by atoms with Crippen LogP contribution in [0.1, 0.15) is 33.5 Å². The van der Waals surface area contributed by atoms with E-state index in [0.29, 0.717) is 17.9 Å². The third-order valence-electron chi connectivity index (χ3n) is 3.95. The Labute approximate surface area is 140 Å². The first-order valence-corrected chi connectivity index (χ1v) is 7.84. The van der Waals surface area contributed by atoms with Crippen LogP contribution in [0.3, 0.4) is 0 Å². The Balaban J connectivity index is 1.83. The largest absolute Gasteiger partial charge is 0.467 e. The summed E-state index contributed by atoms with van der Waals surface area (Å²) in [6.07, 6.45) is 2.39. The number of carbonyl (C=O) groups is 1. The Morgan fingerprint density at radius 1 is 1.21 bits per heavy atom. The van der Waals surface area contributed by atoms with Gasteiger partial charge in [0.1, 0.15) is 11.9 Å². The molecule has 0 saturated heterocycles. The quantitative estimate of drug-likeness (QED) is 0.731. The zero-order valence-electron chi connectivity index (χ0n) is 13.5. The number of rotatable bonds is 6. The molecule has 1 unspecified atom stereocenters. The molecular formula is C19H20N2O3. The summed E-state index contributed by atoms with van der Waals surface area (Å²) < 4.78 is 5.25. The van der Waals surface area contributed by atoms with Gasteiger partial charge in [0.2, 0.25) is 0 Å². The summed E-state index contributed by atoms with van der Waals surface area (Å²) in [5.41, 5.74) is 2.42. The van der Waals surface area contributed by atoms with Gasteiger partial charge < -0.3 is 19.4 Å². The van der Waals surface area contributed by atoms with Crippen LogP contribution in [0, 0.1) is 6.92 Å². The van der Waals surface area contributed by atoms with Crippen molar-refractivity contribution in [2.75, 3.05) is 6.54 Å². The number of benzene rings is 1. The van der Waals surface area contributed by atoms with Gasteiger partial charge in [0.15, 0.2) is 0 Å². The fourth-order valence-corrected chi connectivity index (χ4v) is 2.66. The van der Waals surface area contributed by atoms with Gasteiger partial charge in [0.25, 0.3) is 5.91 Å². The van der Waals surface area contributed by atoms with E-state index in [1.165, 1.54) is 6.26 Å². The molecule has 3 rings (SSSR count). The number of H-pyrrole nitrogens is 1. The van der Waals surface area contributed by atoms with Crippen molar-refractivity contribution in [2.45, 2.75) is 19.6 Å². The standard InChI is InChI=1S/C19H20N2O3/c1-14-16(9-10-20-14)19(23)21(12-15-6-3-2-4-7-15)13-17(22)18-8-5-11-24-18/h2-11,17,20,22H,12-13H2,1H3. The number of aryl methyl sites for hydroxylation is 1. The van der Waals surface area contributed by atoms with Crippen LogP contribution in [0.2, 0.25) is 0 Å². The molecule has 5 heteroatoms. The van der Waals surface area contributed by atoms with Gasteiger partial charge in [-0.05, 0) is 30.7 Å². The van der Waals surface area contributed by atoms with Crippen LogP contribution in [0.4, 0.5) is 0 Å². The second-order valence-electron chi connectivity index (χ2n) is 5.72. The molecule has 1 aromatic carbocycles. The number of nitrogens with zero attached hydrogens (tertiary/aromatic N) is 1. The van der Waals surface area contributed by atoms with Gasteiger partial charge in [-0.25, -0.2) is 0 Å². The second kappa shape index (κ2) is 7.19. The lowest BCUT2D eigenvalue weighted by Gasteiger charge is -2.25. The van der Waals surface area contributed by atoms with E-state index in [1.54, 1.807) is 29.3 Å². The lowest BCUT2D eigenvalue weighted by atomic mass is 10.1. The van der Waals surface area contributed by atoms with E-state index >= 15 is 0 Å². The molecule has 0 spiro atoms. The van der Waals surface area contributed by atoms with Crippen molar-refractivity contribution in [2.24, 2.45) is 0 Å². The molecule has 0 aliphatic carbocycles. The van der Waals surface area contributed by atoms with Crippen molar-refractivity contribution >= 4 is 5.91 Å². The molecule has 0 aliphatic rings. The van der Waals surface area contributed by atoms with E-state index in [4.69, 9.17) is 4.42 Å². The normalized spacial score (nSPS) is 12.1. The van der Waals surface area contributed by atoms with Crippen LogP contribution in [-0.4, -0.2) is 27.4 Å². The lowest BCUT2D eigenvalue weighted by molar-refractivity contribution is 0.0562. The van der Waals surface area contributed by atoms with Crippen molar-refractivity contribution in [1.29, 1.82) is 0 Å². The van der Waals surface area contributed by atoms with Crippen LogP contribution in [-0.2, 0) is 6.54 Å². The molecule has 5 nitrogen and oxygen atoms in total. The maximum absolute atomic E-state index is 12.9. The first kappa shape index (κ1) is 16.1. The molecule has 2 heterocycles. The molecule has 2 N–H and O–H groups in total. The van der Waals surface area contributed by atoms with Gasteiger partial charge >= 0.3 is 0 Å². The van der Waals surface area contributed by atoms with E-state index in [0.717, 1.165) is 11.3 Å². The van der Waals surface area contributed by atoms with E-state index in [-0.39, 0.29) is 12.5 Å². The van der Waals surface area contributed by atoms with Crippen LogP contribution in [0.5, 0.6) is 0 Å².